The van der Waals surface area contributed by atoms with Gasteiger partial charge in [0.15, 0.2) is 0 Å². The van der Waals surface area contributed by atoms with Crippen LogP contribution < -0.4 is 4.87 Å². The highest BCUT2D eigenvalue weighted by atomic mass is 32.1. The lowest BCUT2D eigenvalue weighted by atomic mass is 10.1. The molecular weight excluding hydrogens is 238 g/mol. The topological polar surface area (TPSA) is 59.3 Å². The van der Waals surface area contributed by atoms with Gasteiger partial charge in [-0.25, -0.2) is 0 Å². The molecule has 0 aliphatic rings. The molecule has 17 heavy (non-hydrogen) atoms. The van der Waals surface area contributed by atoms with Crippen LogP contribution in [0.25, 0.3) is 10.2 Å². The first-order valence-corrected chi connectivity index (χ1v) is 6.13. The zero-order valence-corrected chi connectivity index (χ0v) is 10.5. The van der Waals surface area contributed by atoms with Crippen LogP contribution in [0.1, 0.15) is 17.5 Å². The minimum absolute atomic E-state index is 0.0287. The third-order valence-electron chi connectivity index (χ3n) is 2.65. The average Bonchev–Trinajstić information content (AvgIpc) is 2.51. The number of benzene rings is 1. The minimum Gasteiger partial charge on any atom is -0.481 e. The maximum absolute atomic E-state index is 11.8. The molecule has 0 fully saturated rings. The molecule has 0 spiro atoms. The summed E-state index contributed by atoms with van der Waals surface area (Å²) in [6, 6.07) is 3.97. The molecule has 1 heterocycles. The van der Waals surface area contributed by atoms with Crippen LogP contribution in [-0.2, 0) is 11.3 Å². The van der Waals surface area contributed by atoms with Gasteiger partial charge < -0.3 is 5.11 Å². The van der Waals surface area contributed by atoms with Gasteiger partial charge in [-0.05, 0) is 31.0 Å². The monoisotopic (exact) mass is 251 g/mol. The van der Waals surface area contributed by atoms with Crippen LogP contribution in [0, 0.1) is 13.8 Å². The van der Waals surface area contributed by atoms with Gasteiger partial charge >= 0.3 is 10.8 Å². The molecule has 1 N–H and O–H groups in total. The Morgan fingerprint density at radius 1 is 1.41 bits per heavy atom. The van der Waals surface area contributed by atoms with Gasteiger partial charge in [0.25, 0.3) is 0 Å². The normalized spacial score (nSPS) is 10.9. The summed E-state index contributed by atoms with van der Waals surface area (Å²) in [6.45, 7) is 4.16. The molecule has 0 aliphatic heterocycles. The van der Waals surface area contributed by atoms with Crippen LogP contribution in [0.4, 0.5) is 0 Å². The lowest BCUT2D eigenvalue weighted by molar-refractivity contribution is -0.137. The number of carboxylic acids is 1. The molecular formula is C12H13NO3S. The van der Waals surface area contributed by atoms with Crippen molar-refractivity contribution in [3.8, 4) is 0 Å². The van der Waals surface area contributed by atoms with Gasteiger partial charge in [0.1, 0.15) is 0 Å². The molecule has 1 aromatic carbocycles. The quantitative estimate of drug-likeness (QED) is 0.909. The summed E-state index contributed by atoms with van der Waals surface area (Å²) in [7, 11) is 0. The Balaban J connectivity index is 2.58. The minimum atomic E-state index is -0.888. The fraction of sp³-hybridized carbons (Fsp3) is 0.333. The van der Waals surface area contributed by atoms with Crippen LogP contribution in [0.2, 0.25) is 0 Å². The van der Waals surface area contributed by atoms with Crippen LogP contribution in [0.3, 0.4) is 0 Å². The van der Waals surface area contributed by atoms with E-state index in [4.69, 9.17) is 5.11 Å². The summed E-state index contributed by atoms with van der Waals surface area (Å²) in [5, 5.41) is 8.68. The van der Waals surface area contributed by atoms with Crippen molar-refractivity contribution in [2.75, 3.05) is 0 Å². The fourth-order valence-electron chi connectivity index (χ4n) is 2.00. The second kappa shape index (κ2) is 4.33. The largest absolute Gasteiger partial charge is 0.481 e. The third kappa shape index (κ3) is 2.24. The van der Waals surface area contributed by atoms with Crippen molar-refractivity contribution >= 4 is 27.5 Å². The highest BCUT2D eigenvalue weighted by molar-refractivity contribution is 7.16. The lowest BCUT2D eigenvalue weighted by Gasteiger charge is -2.05. The smallest absolute Gasteiger partial charge is 0.308 e. The summed E-state index contributed by atoms with van der Waals surface area (Å²) >= 11 is 1.17. The van der Waals surface area contributed by atoms with Crippen molar-refractivity contribution < 1.29 is 9.90 Å². The van der Waals surface area contributed by atoms with E-state index in [2.05, 4.69) is 0 Å². The first kappa shape index (κ1) is 11.9. The summed E-state index contributed by atoms with van der Waals surface area (Å²) in [5.74, 6) is -0.888. The van der Waals surface area contributed by atoms with Crippen LogP contribution >= 0.6 is 11.3 Å². The van der Waals surface area contributed by atoms with Crippen molar-refractivity contribution in [2.24, 2.45) is 0 Å². The zero-order valence-electron chi connectivity index (χ0n) is 9.69. The van der Waals surface area contributed by atoms with Crippen molar-refractivity contribution in [3.63, 3.8) is 0 Å². The highest BCUT2D eigenvalue weighted by Crippen LogP contribution is 2.23. The number of nitrogens with zero attached hydrogens (tertiary/aromatic N) is 1. The van der Waals surface area contributed by atoms with Crippen LogP contribution in [0.15, 0.2) is 16.9 Å². The number of aliphatic carboxylic acids is 1. The number of fused-ring (bicyclic) bond motifs is 1. The van der Waals surface area contributed by atoms with Gasteiger partial charge in [0.2, 0.25) is 0 Å². The SMILES string of the molecule is Cc1cc(C)c2c(c1)sc(=O)n2CCC(=O)O. The van der Waals surface area contributed by atoms with Crippen molar-refractivity contribution in [1.29, 1.82) is 0 Å². The van der Waals surface area contributed by atoms with Crippen LogP contribution in [-0.4, -0.2) is 15.6 Å². The fourth-order valence-corrected chi connectivity index (χ4v) is 3.09. The maximum Gasteiger partial charge on any atom is 0.308 e. The first-order valence-electron chi connectivity index (χ1n) is 5.31. The molecule has 0 unspecified atom stereocenters. The van der Waals surface area contributed by atoms with E-state index in [9.17, 15) is 9.59 Å². The number of carbonyl (C=O) groups is 1. The Morgan fingerprint density at radius 2 is 2.12 bits per heavy atom. The third-order valence-corrected chi connectivity index (χ3v) is 3.57. The average molecular weight is 251 g/mol. The molecule has 0 amide bonds. The Hall–Kier alpha value is -1.62. The molecule has 2 rings (SSSR count). The van der Waals surface area contributed by atoms with E-state index in [1.54, 1.807) is 4.57 Å². The summed E-state index contributed by atoms with van der Waals surface area (Å²) in [6.07, 6.45) is -0.0287. The number of carboxylic acid groups (broad SMARTS) is 1. The van der Waals surface area contributed by atoms with E-state index in [1.807, 2.05) is 26.0 Å². The lowest BCUT2D eigenvalue weighted by Crippen LogP contribution is -2.15. The molecule has 0 saturated carbocycles. The van der Waals surface area contributed by atoms with E-state index >= 15 is 0 Å². The maximum atomic E-state index is 11.8. The summed E-state index contributed by atoms with van der Waals surface area (Å²) in [5.41, 5.74) is 3.00. The Bertz CT molecular complexity index is 639. The molecule has 0 aliphatic carbocycles. The number of rotatable bonds is 3. The standard InChI is InChI=1S/C12H13NO3S/c1-7-5-8(2)11-9(6-7)17-12(16)13(11)4-3-10(14)15/h5-6H,3-4H2,1-2H3,(H,14,15). The highest BCUT2D eigenvalue weighted by Gasteiger charge is 2.11. The van der Waals surface area contributed by atoms with Crippen molar-refractivity contribution in [3.05, 3.63) is 32.9 Å². The number of aryl methyl sites for hydroxylation is 3. The molecule has 0 saturated heterocycles. The molecule has 2 aromatic rings. The van der Waals surface area contributed by atoms with Crippen molar-refractivity contribution in [1.82, 2.24) is 4.57 Å². The predicted molar refractivity (Wildman–Crippen MR) is 67.8 cm³/mol. The Kier molecular flexibility index (Phi) is 3.02. The van der Waals surface area contributed by atoms with E-state index in [0.29, 0.717) is 0 Å². The first-order chi connectivity index (χ1) is 7.99. The van der Waals surface area contributed by atoms with E-state index in [0.717, 1.165) is 21.3 Å². The van der Waals surface area contributed by atoms with Gasteiger partial charge in [-0.3, -0.25) is 14.2 Å². The molecule has 90 valence electrons. The van der Waals surface area contributed by atoms with Gasteiger partial charge in [-0.2, -0.15) is 0 Å². The summed E-state index contributed by atoms with van der Waals surface area (Å²) in [4.78, 5) is 22.3. The number of hydrogen-bond acceptors (Lipinski definition) is 3. The number of hydrogen-bond donors (Lipinski definition) is 1. The number of thiazole rings is 1. The molecule has 0 radical (unpaired) electrons. The molecule has 4 nitrogen and oxygen atoms in total. The molecule has 1 aromatic heterocycles. The predicted octanol–water partition coefficient (Wildman–Crippen LogP) is 2.15. The molecule has 5 heteroatoms. The van der Waals surface area contributed by atoms with E-state index < -0.39 is 5.97 Å². The number of aromatic nitrogens is 1. The van der Waals surface area contributed by atoms with E-state index in [-0.39, 0.29) is 17.8 Å². The van der Waals surface area contributed by atoms with Crippen molar-refractivity contribution in [2.45, 2.75) is 26.8 Å². The molecule has 0 atom stereocenters. The van der Waals surface area contributed by atoms with Gasteiger partial charge in [0.05, 0.1) is 16.6 Å². The van der Waals surface area contributed by atoms with Gasteiger partial charge in [0, 0.05) is 6.54 Å². The Morgan fingerprint density at radius 3 is 2.76 bits per heavy atom. The Labute approximate surface area is 102 Å². The van der Waals surface area contributed by atoms with Gasteiger partial charge in [-0.1, -0.05) is 17.4 Å². The summed E-state index contributed by atoms with van der Waals surface area (Å²) < 4.78 is 2.49. The van der Waals surface area contributed by atoms with E-state index in [1.165, 1.54) is 11.3 Å². The van der Waals surface area contributed by atoms with Crippen LogP contribution in [0.5, 0.6) is 0 Å². The second-order valence-electron chi connectivity index (χ2n) is 4.09. The zero-order chi connectivity index (χ0) is 12.6. The second-order valence-corrected chi connectivity index (χ2v) is 5.09. The molecule has 0 bridgehead atoms. The van der Waals surface area contributed by atoms with Gasteiger partial charge in [-0.15, -0.1) is 0 Å².